The van der Waals surface area contributed by atoms with E-state index in [9.17, 15) is 18.4 Å². The third kappa shape index (κ3) is 4.47. The number of fused-ring (bicyclic) bond motifs is 1. The van der Waals surface area contributed by atoms with E-state index in [1.165, 1.54) is 28.1 Å². The number of halogens is 2. The van der Waals surface area contributed by atoms with Gasteiger partial charge in [-0.05, 0) is 29.7 Å². The van der Waals surface area contributed by atoms with E-state index in [0.717, 1.165) is 12.1 Å². The molecule has 2 aromatic carbocycles. The normalized spacial score (nSPS) is 12.7. The Labute approximate surface area is 178 Å². The van der Waals surface area contributed by atoms with E-state index in [1.807, 2.05) is 29.2 Å². The molecule has 0 aliphatic carbocycles. The summed E-state index contributed by atoms with van der Waals surface area (Å²) in [6.45, 7) is 1.53. The van der Waals surface area contributed by atoms with Gasteiger partial charge in [0.25, 0.3) is 5.91 Å². The summed E-state index contributed by atoms with van der Waals surface area (Å²) in [6.07, 6.45) is 2.29. The average Bonchev–Trinajstić information content (AvgIpc) is 3.34. The van der Waals surface area contributed by atoms with Gasteiger partial charge in [0.1, 0.15) is 17.3 Å². The second-order valence-electron chi connectivity index (χ2n) is 7.57. The third-order valence-electron chi connectivity index (χ3n) is 5.31. The number of benzene rings is 2. The first kappa shape index (κ1) is 20.7. The van der Waals surface area contributed by atoms with Crippen LogP contribution in [0.15, 0.2) is 48.7 Å². The number of amides is 2. The summed E-state index contributed by atoms with van der Waals surface area (Å²) in [5.41, 5.74) is 2.72. The first-order valence-electron chi connectivity index (χ1n) is 10.0. The highest BCUT2D eigenvalue weighted by Gasteiger charge is 2.23. The molecule has 3 aromatic rings. The number of nitrogens with one attached hydrogen (secondary N) is 1. The molecule has 0 unspecified atom stereocenters. The molecule has 6 nitrogen and oxygen atoms in total. The summed E-state index contributed by atoms with van der Waals surface area (Å²) in [4.78, 5) is 26.9. The van der Waals surface area contributed by atoms with E-state index in [-0.39, 0.29) is 22.7 Å². The number of hydrogen-bond acceptors (Lipinski definition) is 3. The molecule has 2 amide bonds. The lowest BCUT2D eigenvalue weighted by molar-refractivity contribution is -0.131. The largest absolute Gasteiger partial charge is 0.352 e. The van der Waals surface area contributed by atoms with Crippen molar-refractivity contribution in [1.29, 1.82) is 0 Å². The molecule has 0 saturated carbocycles. The van der Waals surface area contributed by atoms with Crippen LogP contribution in [0.4, 0.5) is 8.78 Å². The molecule has 0 fully saturated rings. The molecule has 1 N–H and O–H groups in total. The maximum absolute atomic E-state index is 14.2. The summed E-state index contributed by atoms with van der Waals surface area (Å²) in [6, 6.07) is 11.1. The summed E-state index contributed by atoms with van der Waals surface area (Å²) in [5, 5.41) is 6.91. The van der Waals surface area contributed by atoms with Crippen LogP contribution in [0.5, 0.6) is 0 Å². The van der Waals surface area contributed by atoms with Gasteiger partial charge < -0.3 is 10.2 Å². The van der Waals surface area contributed by atoms with E-state index >= 15 is 0 Å². The van der Waals surface area contributed by atoms with E-state index < -0.39 is 17.5 Å². The topological polar surface area (TPSA) is 67.2 Å². The number of rotatable bonds is 6. The minimum Gasteiger partial charge on any atom is -0.352 e. The molecule has 0 radical (unpaired) electrons. The molecule has 0 saturated heterocycles. The minimum atomic E-state index is -0.787. The van der Waals surface area contributed by atoms with E-state index in [1.54, 1.807) is 7.05 Å². The maximum atomic E-state index is 14.2. The average molecular weight is 424 g/mol. The molecule has 2 heterocycles. The first-order chi connectivity index (χ1) is 14.9. The van der Waals surface area contributed by atoms with Crippen molar-refractivity contribution in [1.82, 2.24) is 20.0 Å². The van der Waals surface area contributed by atoms with Crippen LogP contribution >= 0.6 is 0 Å². The van der Waals surface area contributed by atoms with Crippen LogP contribution in [0.2, 0.25) is 0 Å². The Morgan fingerprint density at radius 3 is 2.48 bits per heavy atom. The van der Waals surface area contributed by atoms with Gasteiger partial charge in [0.15, 0.2) is 0 Å². The predicted molar refractivity (Wildman–Crippen MR) is 111 cm³/mol. The van der Waals surface area contributed by atoms with E-state index in [2.05, 4.69) is 10.4 Å². The highest BCUT2D eigenvalue weighted by atomic mass is 19.1. The zero-order valence-corrected chi connectivity index (χ0v) is 17.1. The third-order valence-corrected chi connectivity index (χ3v) is 5.31. The van der Waals surface area contributed by atoms with Crippen molar-refractivity contribution in [3.05, 3.63) is 77.0 Å². The van der Waals surface area contributed by atoms with Crippen LogP contribution in [-0.2, 0) is 24.9 Å². The number of aryl methyl sites for hydroxylation is 1. The molecule has 1 aromatic heterocycles. The highest BCUT2D eigenvalue weighted by Crippen LogP contribution is 2.26. The monoisotopic (exact) mass is 424 g/mol. The van der Waals surface area contributed by atoms with Gasteiger partial charge in [-0.3, -0.25) is 14.3 Å². The van der Waals surface area contributed by atoms with Crippen LogP contribution < -0.4 is 5.32 Å². The summed E-state index contributed by atoms with van der Waals surface area (Å²) < 4.78 is 28.8. The van der Waals surface area contributed by atoms with Gasteiger partial charge in [-0.15, -0.1) is 0 Å². The van der Waals surface area contributed by atoms with Crippen LogP contribution in [0, 0.1) is 11.6 Å². The van der Waals surface area contributed by atoms with Gasteiger partial charge >= 0.3 is 0 Å². The second-order valence-corrected chi connectivity index (χ2v) is 7.57. The lowest BCUT2D eigenvalue weighted by Gasteiger charge is -2.15. The smallest absolute Gasteiger partial charge is 0.255 e. The number of carbonyl (C=O) groups excluding carboxylic acids is 2. The van der Waals surface area contributed by atoms with Gasteiger partial charge in [-0.25, -0.2) is 8.78 Å². The quantitative estimate of drug-likeness (QED) is 0.617. The van der Waals surface area contributed by atoms with Crippen molar-refractivity contribution >= 4 is 11.8 Å². The maximum Gasteiger partial charge on any atom is 0.255 e. The van der Waals surface area contributed by atoms with Crippen LogP contribution in [-0.4, -0.2) is 33.0 Å². The molecule has 0 bridgehead atoms. The van der Waals surface area contributed by atoms with Crippen molar-refractivity contribution < 1.29 is 18.4 Å². The fourth-order valence-electron chi connectivity index (χ4n) is 3.74. The lowest BCUT2D eigenvalue weighted by Crippen LogP contribution is -2.28. The minimum absolute atomic E-state index is 0.0425. The van der Waals surface area contributed by atoms with Gasteiger partial charge in [0.05, 0.1) is 5.56 Å². The molecular formula is C23H22F2N4O2. The molecule has 0 atom stereocenters. The fraction of sp³-hybridized carbons (Fsp3) is 0.261. The Kier molecular flexibility index (Phi) is 5.79. The Morgan fingerprint density at radius 1 is 1.10 bits per heavy atom. The standard InChI is InChI=1S/C23H22F2N4O2/c1-28-14-19(22(27-28)18-9-8-17(24)11-20(18)25)23(31)26-10-4-7-21(30)29-12-15-5-2-3-6-16(15)13-29/h2-3,5-6,8-9,11,14H,4,7,10,12-13H2,1H3,(H,26,31). The number of hydrogen-bond donors (Lipinski definition) is 1. The van der Waals surface area contributed by atoms with Gasteiger partial charge in [0, 0.05) is 50.9 Å². The van der Waals surface area contributed by atoms with Gasteiger partial charge in [-0.1, -0.05) is 24.3 Å². The Hall–Kier alpha value is -3.55. The van der Waals surface area contributed by atoms with Crippen molar-refractivity contribution in [3.63, 3.8) is 0 Å². The fourth-order valence-corrected chi connectivity index (χ4v) is 3.74. The van der Waals surface area contributed by atoms with Crippen LogP contribution in [0.1, 0.15) is 34.3 Å². The van der Waals surface area contributed by atoms with Crippen molar-refractivity contribution in [2.24, 2.45) is 7.05 Å². The number of aromatic nitrogens is 2. The molecule has 160 valence electrons. The van der Waals surface area contributed by atoms with E-state index in [0.29, 0.717) is 32.5 Å². The van der Waals surface area contributed by atoms with Crippen molar-refractivity contribution in [3.8, 4) is 11.3 Å². The molecule has 8 heteroatoms. The number of carbonyl (C=O) groups is 2. The summed E-state index contributed by atoms with van der Waals surface area (Å²) in [5.74, 6) is -1.87. The second kappa shape index (κ2) is 8.67. The molecule has 4 rings (SSSR count). The highest BCUT2D eigenvalue weighted by molar-refractivity contribution is 5.99. The zero-order chi connectivity index (χ0) is 22.0. The molecule has 1 aliphatic heterocycles. The van der Waals surface area contributed by atoms with Crippen molar-refractivity contribution in [2.45, 2.75) is 25.9 Å². The molecule has 1 aliphatic rings. The lowest BCUT2D eigenvalue weighted by atomic mass is 10.1. The Bertz CT molecular complexity index is 1120. The zero-order valence-electron chi connectivity index (χ0n) is 17.1. The van der Waals surface area contributed by atoms with Crippen LogP contribution in [0.3, 0.4) is 0 Å². The van der Waals surface area contributed by atoms with Gasteiger partial charge in [0.2, 0.25) is 5.91 Å². The SMILES string of the molecule is Cn1cc(C(=O)NCCCC(=O)N2Cc3ccccc3C2)c(-c2ccc(F)cc2F)n1. The Morgan fingerprint density at radius 2 is 1.81 bits per heavy atom. The summed E-state index contributed by atoms with van der Waals surface area (Å²) in [7, 11) is 1.62. The first-order valence-corrected chi connectivity index (χ1v) is 10.0. The van der Waals surface area contributed by atoms with Gasteiger partial charge in [-0.2, -0.15) is 5.10 Å². The predicted octanol–water partition coefficient (Wildman–Crippen LogP) is 3.42. The molecule has 0 spiro atoms. The Balaban J connectivity index is 1.32. The summed E-state index contributed by atoms with van der Waals surface area (Å²) >= 11 is 0. The van der Waals surface area contributed by atoms with E-state index in [4.69, 9.17) is 0 Å². The molecular weight excluding hydrogens is 402 g/mol. The van der Waals surface area contributed by atoms with Crippen LogP contribution in [0.25, 0.3) is 11.3 Å². The van der Waals surface area contributed by atoms with Crippen molar-refractivity contribution in [2.75, 3.05) is 6.54 Å². The number of nitrogens with zero attached hydrogens (tertiary/aromatic N) is 3. The molecule has 31 heavy (non-hydrogen) atoms.